The largest absolute Gasteiger partial charge is 0.343 e. The molecule has 42 heavy (non-hydrogen) atoms. The average Bonchev–Trinajstić information content (AvgIpc) is 3.45. The van der Waals surface area contributed by atoms with Gasteiger partial charge < -0.3 is 20.9 Å². The standard InChI is InChI=1S/C34H41N5O3/c1-24(35-2)32(40)36-29-23-38(22-25-12-6-3-7-13-25)21-20-28-18-19-30(39(28)34(29)42)33(41)37-31(26-14-8-4-9-15-26)27-16-10-5-11-17-27/h3-17,24,28-31,35H,18-23H2,1-2H3,(H,36,40)(H,37,41)/t24-,28+,29-,30-/m0/s1. The van der Waals surface area contributed by atoms with Gasteiger partial charge in [0.1, 0.15) is 12.1 Å². The fourth-order valence-electron chi connectivity index (χ4n) is 6.11. The Hall–Kier alpha value is -4.01. The fourth-order valence-corrected chi connectivity index (χ4v) is 6.11. The lowest BCUT2D eigenvalue weighted by Gasteiger charge is -2.39. The summed E-state index contributed by atoms with van der Waals surface area (Å²) in [5.41, 5.74) is 3.12. The molecule has 0 unspecified atom stereocenters. The summed E-state index contributed by atoms with van der Waals surface area (Å²) in [5, 5.41) is 9.23. The van der Waals surface area contributed by atoms with Crippen molar-refractivity contribution in [1.29, 1.82) is 0 Å². The Kier molecular flexibility index (Phi) is 9.66. The number of hydrogen-bond donors (Lipinski definition) is 3. The summed E-state index contributed by atoms with van der Waals surface area (Å²) in [6.45, 7) is 3.60. The van der Waals surface area contributed by atoms with Gasteiger partial charge in [-0.3, -0.25) is 19.3 Å². The van der Waals surface area contributed by atoms with Gasteiger partial charge in [0.05, 0.1) is 12.1 Å². The highest BCUT2D eigenvalue weighted by molar-refractivity contribution is 5.94. The fraction of sp³-hybridized carbons (Fsp3) is 0.382. The van der Waals surface area contributed by atoms with Crippen LogP contribution in [-0.4, -0.2) is 71.8 Å². The second-order valence-electron chi connectivity index (χ2n) is 11.3. The molecule has 2 aliphatic rings. The van der Waals surface area contributed by atoms with E-state index >= 15 is 0 Å². The molecule has 0 bridgehead atoms. The normalized spacial score (nSPS) is 21.7. The molecule has 8 nitrogen and oxygen atoms in total. The van der Waals surface area contributed by atoms with Crippen molar-refractivity contribution in [2.45, 2.75) is 62.9 Å². The van der Waals surface area contributed by atoms with E-state index in [0.717, 1.165) is 36.1 Å². The molecule has 220 valence electrons. The number of likely N-dealkylation sites (N-methyl/N-ethyl adjacent to an activating group) is 1. The van der Waals surface area contributed by atoms with E-state index in [-0.39, 0.29) is 29.8 Å². The predicted octanol–water partition coefficient (Wildman–Crippen LogP) is 3.25. The van der Waals surface area contributed by atoms with Crippen molar-refractivity contribution in [2.75, 3.05) is 20.1 Å². The maximum atomic E-state index is 14.2. The Bertz CT molecular complexity index is 1300. The molecule has 2 aliphatic heterocycles. The van der Waals surface area contributed by atoms with Gasteiger partial charge in [-0.2, -0.15) is 0 Å². The smallest absolute Gasteiger partial charge is 0.247 e. The van der Waals surface area contributed by atoms with Crippen molar-refractivity contribution in [1.82, 2.24) is 25.8 Å². The number of hydrogen-bond acceptors (Lipinski definition) is 5. The van der Waals surface area contributed by atoms with Crippen LogP contribution in [0.2, 0.25) is 0 Å². The Morgan fingerprint density at radius 3 is 2.05 bits per heavy atom. The first-order chi connectivity index (χ1) is 20.4. The highest BCUT2D eigenvalue weighted by Gasteiger charge is 2.45. The van der Waals surface area contributed by atoms with Gasteiger partial charge in [0.2, 0.25) is 17.7 Å². The van der Waals surface area contributed by atoms with Gasteiger partial charge in [-0.1, -0.05) is 91.0 Å². The summed E-state index contributed by atoms with van der Waals surface area (Å²) in [4.78, 5) is 45.2. The van der Waals surface area contributed by atoms with Crippen molar-refractivity contribution in [3.8, 4) is 0 Å². The topological polar surface area (TPSA) is 93.8 Å². The van der Waals surface area contributed by atoms with Gasteiger partial charge >= 0.3 is 0 Å². The van der Waals surface area contributed by atoms with Crippen molar-refractivity contribution in [3.05, 3.63) is 108 Å². The molecule has 8 heteroatoms. The van der Waals surface area contributed by atoms with Gasteiger partial charge in [0.25, 0.3) is 0 Å². The molecule has 0 radical (unpaired) electrons. The Morgan fingerprint density at radius 2 is 1.45 bits per heavy atom. The summed E-state index contributed by atoms with van der Waals surface area (Å²) in [7, 11) is 1.72. The predicted molar refractivity (Wildman–Crippen MR) is 163 cm³/mol. The van der Waals surface area contributed by atoms with Gasteiger partial charge in [0, 0.05) is 25.7 Å². The van der Waals surface area contributed by atoms with Crippen LogP contribution in [0.4, 0.5) is 0 Å². The van der Waals surface area contributed by atoms with E-state index in [1.807, 2.05) is 78.9 Å². The molecule has 4 atom stereocenters. The Balaban J connectivity index is 1.39. The zero-order valence-electron chi connectivity index (χ0n) is 24.4. The molecule has 3 N–H and O–H groups in total. The lowest BCUT2D eigenvalue weighted by molar-refractivity contribution is -0.145. The molecule has 2 fully saturated rings. The molecule has 0 saturated carbocycles. The number of carbonyl (C=O) groups excluding carboxylic acids is 3. The summed E-state index contributed by atoms with van der Waals surface area (Å²) < 4.78 is 0. The summed E-state index contributed by atoms with van der Waals surface area (Å²) in [6.07, 6.45) is 2.11. The zero-order valence-corrected chi connectivity index (χ0v) is 24.4. The molecule has 0 spiro atoms. The molecule has 2 saturated heterocycles. The molecule has 0 aliphatic carbocycles. The molecular weight excluding hydrogens is 526 g/mol. The maximum Gasteiger partial charge on any atom is 0.247 e. The monoisotopic (exact) mass is 567 g/mol. The third kappa shape index (κ3) is 6.89. The third-order valence-electron chi connectivity index (χ3n) is 8.52. The molecule has 3 aromatic rings. The highest BCUT2D eigenvalue weighted by Crippen LogP contribution is 2.31. The van der Waals surface area contributed by atoms with E-state index in [1.54, 1.807) is 18.9 Å². The van der Waals surface area contributed by atoms with Crippen molar-refractivity contribution in [3.63, 3.8) is 0 Å². The summed E-state index contributed by atoms with van der Waals surface area (Å²) in [5.74, 6) is -0.594. The number of fused-ring (bicyclic) bond motifs is 1. The first-order valence-electron chi connectivity index (χ1n) is 14.9. The molecule has 5 rings (SSSR count). The molecule has 2 heterocycles. The number of carbonyl (C=O) groups is 3. The number of benzene rings is 3. The Labute approximate surface area is 248 Å². The van der Waals surface area contributed by atoms with Crippen LogP contribution in [0.3, 0.4) is 0 Å². The van der Waals surface area contributed by atoms with E-state index in [2.05, 4.69) is 33.0 Å². The lowest BCUT2D eigenvalue weighted by atomic mass is 9.98. The van der Waals surface area contributed by atoms with Crippen LogP contribution in [0, 0.1) is 0 Å². The van der Waals surface area contributed by atoms with Crippen molar-refractivity contribution in [2.24, 2.45) is 0 Å². The van der Waals surface area contributed by atoms with Crippen LogP contribution in [0.5, 0.6) is 0 Å². The van der Waals surface area contributed by atoms with E-state index in [4.69, 9.17) is 0 Å². The third-order valence-corrected chi connectivity index (χ3v) is 8.52. The lowest BCUT2D eigenvalue weighted by Crippen LogP contribution is -2.61. The molecule has 0 aromatic heterocycles. The number of rotatable bonds is 9. The number of amides is 3. The molecular formula is C34H41N5O3. The quantitative estimate of drug-likeness (QED) is 0.369. The minimum Gasteiger partial charge on any atom is -0.343 e. The van der Waals surface area contributed by atoms with Crippen LogP contribution >= 0.6 is 0 Å². The van der Waals surface area contributed by atoms with Gasteiger partial charge in [-0.05, 0) is 49.9 Å². The van der Waals surface area contributed by atoms with Crippen molar-refractivity contribution < 1.29 is 14.4 Å². The minimum atomic E-state index is -0.757. The molecule has 3 aromatic carbocycles. The first kappa shape index (κ1) is 29.5. The van der Waals surface area contributed by atoms with E-state index < -0.39 is 18.1 Å². The SMILES string of the molecule is CN[C@@H](C)C(=O)N[C@H]1CN(Cc2ccccc2)CC[C@H]2CC[C@@H](C(=O)NC(c3ccccc3)c3ccccc3)N2C1=O. The highest BCUT2D eigenvalue weighted by atomic mass is 16.2. The van der Waals surface area contributed by atoms with Gasteiger partial charge in [-0.25, -0.2) is 0 Å². The van der Waals surface area contributed by atoms with Crippen LogP contribution in [0.15, 0.2) is 91.0 Å². The second-order valence-corrected chi connectivity index (χ2v) is 11.3. The zero-order chi connectivity index (χ0) is 29.5. The Morgan fingerprint density at radius 1 is 0.857 bits per heavy atom. The van der Waals surface area contributed by atoms with E-state index in [0.29, 0.717) is 19.5 Å². The summed E-state index contributed by atoms with van der Waals surface area (Å²) in [6, 6.07) is 27.8. The van der Waals surface area contributed by atoms with Gasteiger partial charge in [-0.15, -0.1) is 0 Å². The van der Waals surface area contributed by atoms with Crippen LogP contribution < -0.4 is 16.0 Å². The van der Waals surface area contributed by atoms with E-state index in [1.165, 1.54) is 0 Å². The van der Waals surface area contributed by atoms with Crippen LogP contribution in [0.1, 0.15) is 48.9 Å². The second kappa shape index (κ2) is 13.8. The number of nitrogens with one attached hydrogen (secondary N) is 3. The molecule has 3 amide bonds. The maximum absolute atomic E-state index is 14.2. The minimum absolute atomic E-state index is 0.0696. The number of nitrogens with zero attached hydrogens (tertiary/aromatic N) is 2. The van der Waals surface area contributed by atoms with Crippen LogP contribution in [-0.2, 0) is 20.9 Å². The summed E-state index contributed by atoms with van der Waals surface area (Å²) >= 11 is 0. The average molecular weight is 568 g/mol. The first-order valence-corrected chi connectivity index (χ1v) is 14.9. The van der Waals surface area contributed by atoms with Crippen molar-refractivity contribution >= 4 is 17.7 Å². The van der Waals surface area contributed by atoms with Gasteiger partial charge in [0.15, 0.2) is 0 Å². The van der Waals surface area contributed by atoms with E-state index in [9.17, 15) is 14.4 Å². The van der Waals surface area contributed by atoms with Crippen LogP contribution in [0.25, 0.3) is 0 Å².